The minimum atomic E-state index is -0.266. The van der Waals surface area contributed by atoms with Crippen LogP contribution in [0, 0.1) is 10.1 Å². The van der Waals surface area contributed by atoms with Gasteiger partial charge in [0.2, 0.25) is 0 Å². The van der Waals surface area contributed by atoms with Gasteiger partial charge in [0, 0.05) is 15.7 Å². The lowest BCUT2D eigenvalue weighted by molar-refractivity contribution is -0.383. The molecule has 3 aromatic carbocycles. The van der Waals surface area contributed by atoms with Gasteiger partial charge in [0.15, 0.2) is 0 Å². The first-order valence-corrected chi connectivity index (χ1v) is 10.00. The van der Waals surface area contributed by atoms with Crippen molar-refractivity contribution in [2.24, 2.45) is 0 Å². The standard InChI is InChI=1S/C23H16BrN3O2/c24-18-12-10-15(11-13-18)20-22(27(28)29)21(16-6-2-1-3-7-16)26-14-17-8-4-5-9-19(17)25-23(20)26/h1-13,25H,14H2. The third-order valence-electron chi connectivity index (χ3n) is 5.20. The first-order chi connectivity index (χ1) is 14.1. The van der Waals surface area contributed by atoms with Gasteiger partial charge in [0.1, 0.15) is 17.1 Å². The third kappa shape index (κ3) is 2.93. The molecule has 29 heavy (non-hydrogen) atoms. The van der Waals surface area contributed by atoms with Gasteiger partial charge in [-0.3, -0.25) is 10.1 Å². The number of para-hydroxylation sites is 1. The summed E-state index contributed by atoms with van der Waals surface area (Å²) < 4.78 is 2.95. The normalized spacial score (nSPS) is 12.0. The maximum absolute atomic E-state index is 12.3. The van der Waals surface area contributed by atoms with E-state index in [1.54, 1.807) is 0 Å². The van der Waals surface area contributed by atoms with Gasteiger partial charge in [-0.2, -0.15) is 0 Å². The van der Waals surface area contributed by atoms with Crippen molar-refractivity contribution in [3.8, 4) is 22.4 Å². The van der Waals surface area contributed by atoms with Crippen molar-refractivity contribution in [1.29, 1.82) is 0 Å². The molecule has 0 unspecified atom stereocenters. The number of hydrogen-bond acceptors (Lipinski definition) is 3. The van der Waals surface area contributed by atoms with Crippen LogP contribution in [0.3, 0.4) is 0 Å². The van der Waals surface area contributed by atoms with Gasteiger partial charge in [-0.1, -0.05) is 76.6 Å². The van der Waals surface area contributed by atoms with Crippen molar-refractivity contribution in [2.75, 3.05) is 5.32 Å². The third-order valence-corrected chi connectivity index (χ3v) is 5.73. The number of hydrogen-bond donors (Lipinski definition) is 1. The Morgan fingerprint density at radius 2 is 1.59 bits per heavy atom. The summed E-state index contributed by atoms with van der Waals surface area (Å²) in [6.45, 7) is 0.570. The smallest absolute Gasteiger partial charge is 0.304 e. The van der Waals surface area contributed by atoms with Crippen molar-refractivity contribution in [3.05, 3.63) is 99.0 Å². The summed E-state index contributed by atoms with van der Waals surface area (Å²) in [5, 5.41) is 15.8. The lowest BCUT2D eigenvalue weighted by atomic mass is 10.0. The highest BCUT2D eigenvalue weighted by Gasteiger charge is 2.35. The summed E-state index contributed by atoms with van der Waals surface area (Å²) in [5.74, 6) is 0.747. The molecule has 0 spiro atoms. The second kappa shape index (κ2) is 6.90. The van der Waals surface area contributed by atoms with Gasteiger partial charge in [-0.15, -0.1) is 0 Å². The average molecular weight is 446 g/mol. The molecule has 0 aliphatic carbocycles. The lowest BCUT2D eigenvalue weighted by Crippen LogP contribution is -2.13. The Morgan fingerprint density at radius 1 is 0.897 bits per heavy atom. The Bertz CT molecular complexity index is 1230. The fraction of sp³-hybridized carbons (Fsp3) is 0.0435. The van der Waals surface area contributed by atoms with Crippen molar-refractivity contribution in [1.82, 2.24) is 4.57 Å². The molecule has 0 saturated heterocycles. The number of halogens is 1. The molecular formula is C23H16BrN3O2. The quantitative estimate of drug-likeness (QED) is 0.251. The zero-order valence-electron chi connectivity index (χ0n) is 15.3. The lowest BCUT2D eigenvalue weighted by Gasteiger charge is -2.23. The molecule has 1 N–H and O–H groups in total. The number of aromatic nitrogens is 1. The van der Waals surface area contributed by atoms with Crippen LogP contribution in [0.5, 0.6) is 0 Å². The summed E-state index contributed by atoms with van der Waals surface area (Å²) in [6.07, 6.45) is 0. The molecule has 0 radical (unpaired) electrons. The molecule has 5 rings (SSSR count). The van der Waals surface area contributed by atoms with Crippen LogP contribution in [0.25, 0.3) is 22.4 Å². The minimum Gasteiger partial charge on any atom is -0.341 e. The Balaban J connectivity index is 1.85. The molecule has 0 bridgehead atoms. The van der Waals surface area contributed by atoms with E-state index in [0.717, 1.165) is 32.7 Å². The highest BCUT2D eigenvalue weighted by Crippen LogP contribution is 2.49. The number of nitrogens with zero attached hydrogens (tertiary/aromatic N) is 2. The topological polar surface area (TPSA) is 60.1 Å². The molecule has 1 aliphatic heterocycles. The van der Waals surface area contributed by atoms with E-state index >= 15 is 0 Å². The van der Waals surface area contributed by atoms with Crippen LogP contribution in [0.2, 0.25) is 0 Å². The molecule has 2 heterocycles. The molecule has 0 saturated carbocycles. The van der Waals surface area contributed by atoms with Gasteiger partial charge in [0.25, 0.3) is 0 Å². The SMILES string of the molecule is O=[N+]([O-])c1c(-c2ccc(Br)cc2)c2n(c1-c1ccccc1)Cc1ccccc1N2. The monoisotopic (exact) mass is 445 g/mol. The summed E-state index contributed by atoms with van der Waals surface area (Å²) in [5.41, 5.74) is 5.05. The first-order valence-electron chi connectivity index (χ1n) is 9.20. The number of nitrogens with one attached hydrogen (secondary N) is 1. The molecule has 0 atom stereocenters. The fourth-order valence-electron chi connectivity index (χ4n) is 3.93. The van der Waals surface area contributed by atoms with Crippen molar-refractivity contribution < 1.29 is 4.92 Å². The molecular weight excluding hydrogens is 430 g/mol. The van der Waals surface area contributed by atoms with Crippen molar-refractivity contribution in [2.45, 2.75) is 6.54 Å². The summed E-state index contributed by atoms with van der Waals surface area (Å²) in [6, 6.07) is 25.2. The number of fused-ring (bicyclic) bond motifs is 2. The van der Waals surface area contributed by atoms with Gasteiger partial charge in [0.05, 0.1) is 11.5 Å². The van der Waals surface area contributed by atoms with Crippen LogP contribution in [-0.2, 0) is 6.54 Å². The molecule has 1 aliphatic rings. The Labute approximate surface area is 175 Å². The van der Waals surface area contributed by atoms with E-state index in [9.17, 15) is 10.1 Å². The second-order valence-electron chi connectivity index (χ2n) is 6.92. The van der Waals surface area contributed by atoms with Crippen LogP contribution in [0.1, 0.15) is 5.56 Å². The highest BCUT2D eigenvalue weighted by atomic mass is 79.9. The summed E-state index contributed by atoms with van der Waals surface area (Å²) in [4.78, 5) is 12.0. The minimum absolute atomic E-state index is 0.119. The van der Waals surface area contributed by atoms with Gasteiger partial charge in [-0.05, 0) is 29.3 Å². The number of anilines is 2. The predicted octanol–water partition coefficient (Wildman–Crippen LogP) is 6.60. The Kier molecular flexibility index (Phi) is 4.21. The summed E-state index contributed by atoms with van der Waals surface area (Å²) >= 11 is 3.45. The van der Waals surface area contributed by atoms with E-state index in [2.05, 4.69) is 21.2 Å². The second-order valence-corrected chi connectivity index (χ2v) is 7.83. The van der Waals surface area contributed by atoms with Gasteiger partial charge >= 0.3 is 5.69 Å². The van der Waals surface area contributed by atoms with E-state index in [4.69, 9.17) is 0 Å². The zero-order chi connectivity index (χ0) is 20.0. The first kappa shape index (κ1) is 17.7. The maximum Gasteiger partial charge on any atom is 0.304 e. The van der Waals surface area contributed by atoms with Crippen LogP contribution < -0.4 is 5.32 Å². The van der Waals surface area contributed by atoms with Crippen LogP contribution in [0.15, 0.2) is 83.3 Å². The van der Waals surface area contributed by atoms with E-state index in [-0.39, 0.29) is 10.6 Å². The molecule has 5 nitrogen and oxygen atoms in total. The van der Waals surface area contributed by atoms with Crippen molar-refractivity contribution in [3.63, 3.8) is 0 Å². The predicted molar refractivity (Wildman–Crippen MR) is 118 cm³/mol. The van der Waals surface area contributed by atoms with Crippen LogP contribution >= 0.6 is 15.9 Å². The molecule has 6 heteroatoms. The number of rotatable bonds is 3. The molecule has 4 aromatic rings. The van der Waals surface area contributed by atoms with Crippen LogP contribution in [0.4, 0.5) is 17.2 Å². The number of benzene rings is 3. The molecule has 0 fully saturated rings. The van der Waals surface area contributed by atoms with E-state index in [0.29, 0.717) is 17.8 Å². The average Bonchev–Trinajstić information content (AvgIpc) is 3.07. The van der Waals surface area contributed by atoms with E-state index < -0.39 is 0 Å². The Hall–Kier alpha value is -3.38. The van der Waals surface area contributed by atoms with Gasteiger partial charge in [-0.25, -0.2) is 0 Å². The van der Waals surface area contributed by atoms with E-state index in [1.807, 2.05) is 83.4 Å². The van der Waals surface area contributed by atoms with E-state index in [1.165, 1.54) is 0 Å². The Morgan fingerprint density at radius 3 is 2.31 bits per heavy atom. The molecule has 1 aromatic heterocycles. The molecule has 142 valence electrons. The van der Waals surface area contributed by atoms with Crippen molar-refractivity contribution >= 4 is 33.1 Å². The van der Waals surface area contributed by atoms with Crippen LogP contribution in [-0.4, -0.2) is 9.49 Å². The highest BCUT2D eigenvalue weighted by molar-refractivity contribution is 9.10. The summed E-state index contributed by atoms with van der Waals surface area (Å²) in [7, 11) is 0. The largest absolute Gasteiger partial charge is 0.341 e. The number of nitro groups is 1. The fourth-order valence-corrected chi connectivity index (χ4v) is 4.19. The van der Waals surface area contributed by atoms with Gasteiger partial charge < -0.3 is 9.88 Å². The maximum atomic E-state index is 12.3. The zero-order valence-corrected chi connectivity index (χ0v) is 16.9. The molecule has 0 amide bonds.